The number of nitrogens with one attached hydrogen (secondary N) is 1. The predicted octanol–water partition coefficient (Wildman–Crippen LogP) is 2.83. The molecule has 1 atom stereocenters. The molecule has 0 radical (unpaired) electrons. The van der Waals surface area contributed by atoms with Crippen LogP contribution in [0.4, 0.5) is 4.39 Å². The van der Waals surface area contributed by atoms with Crippen LogP contribution in [0.2, 0.25) is 0 Å². The lowest BCUT2D eigenvalue weighted by Gasteiger charge is -2.11. The first kappa shape index (κ1) is 15.3. The second-order valence-electron chi connectivity index (χ2n) is 6.00. The highest BCUT2D eigenvalue weighted by atomic mass is 19.1. The van der Waals surface area contributed by atoms with Crippen molar-refractivity contribution >= 4 is 5.65 Å². The van der Waals surface area contributed by atoms with E-state index in [4.69, 9.17) is 0 Å². The average Bonchev–Trinajstić information content (AvgIpc) is 3.25. The zero-order valence-corrected chi connectivity index (χ0v) is 13.6. The quantitative estimate of drug-likeness (QED) is 0.623. The van der Waals surface area contributed by atoms with Gasteiger partial charge in [-0.05, 0) is 42.8 Å². The van der Waals surface area contributed by atoms with Crippen molar-refractivity contribution in [3.63, 3.8) is 0 Å². The number of H-pyrrole nitrogens is 1. The molecule has 0 bridgehead atoms. The number of nitrogens with zero attached hydrogens (tertiary/aromatic N) is 4. The summed E-state index contributed by atoms with van der Waals surface area (Å²) in [6, 6.07) is 11.4. The smallest absolute Gasteiger partial charge is 0.272 e. The third-order valence-corrected chi connectivity index (χ3v) is 4.14. The maximum atomic E-state index is 13.1. The van der Waals surface area contributed by atoms with Gasteiger partial charge in [0.1, 0.15) is 5.82 Å². The van der Waals surface area contributed by atoms with Gasteiger partial charge in [0.05, 0.1) is 17.4 Å². The number of fused-ring (bicyclic) bond motifs is 1. The van der Waals surface area contributed by atoms with Gasteiger partial charge in [-0.2, -0.15) is 5.10 Å². The lowest BCUT2D eigenvalue weighted by molar-refractivity contribution is 0.484. The molecule has 7 heteroatoms. The first-order valence-electron chi connectivity index (χ1n) is 7.97. The van der Waals surface area contributed by atoms with Gasteiger partial charge in [-0.3, -0.25) is 14.6 Å². The standard InChI is InChI=1S/C18H16FN5O/c1-12(23-8-2-7-20-23)9-15-10-18(25)24-17(21-15)11-16(22-24)13-3-5-14(19)6-4-13/h2-8,10-12,22H,9H2,1H3. The lowest BCUT2D eigenvalue weighted by Crippen LogP contribution is -2.17. The molecule has 0 saturated carbocycles. The normalized spacial score (nSPS) is 12.6. The van der Waals surface area contributed by atoms with Crippen LogP contribution in [-0.4, -0.2) is 24.4 Å². The van der Waals surface area contributed by atoms with Gasteiger partial charge in [0, 0.05) is 30.9 Å². The summed E-state index contributed by atoms with van der Waals surface area (Å²) in [5.74, 6) is -0.301. The molecular weight excluding hydrogens is 321 g/mol. The number of aromatic nitrogens is 5. The van der Waals surface area contributed by atoms with Crippen molar-refractivity contribution in [3.8, 4) is 11.3 Å². The van der Waals surface area contributed by atoms with Gasteiger partial charge in [-0.1, -0.05) is 0 Å². The summed E-state index contributed by atoms with van der Waals surface area (Å²) < 4.78 is 16.3. The van der Waals surface area contributed by atoms with Crippen molar-refractivity contribution in [2.75, 3.05) is 0 Å². The molecule has 6 nitrogen and oxygen atoms in total. The van der Waals surface area contributed by atoms with E-state index in [1.165, 1.54) is 22.7 Å². The molecule has 0 aliphatic rings. The molecule has 1 aromatic carbocycles. The molecule has 0 aliphatic carbocycles. The van der Waals surface area contributed by atoms with Crippen molar-refractivity contribution in [3.05, 3.63) is 76.7 Å². The van der Waals surface area contributed by atoms with Crippen molar-refractivity contribution in [1.82, 2.24) is 24.4 Å². The number of aromatic amines is 1. The summed E-state index contributed by atoms with van der Waals surface area (Å²) in [6.45, 7) is 2.03. The zero-order valence-electron chi connectivity index (χ0n) is 13.6. The van der Waals surface area contributed by atoms with Gasteiger partial charge >= 0.3 is 0 Å². The van der Waals surface area contributed by atoms with Crippen molar-refractivity contribution in [1.29, 1.82) is 0 Å². The first-order chi connectivity index (χ1) is 12.1. The Kier molecular flexibility index (Phi) is 3.68. The number of hydrogen-bond donors (Lipinski definition) is 1. The molecule has 0 amide bonds. The van der Waals surface area contributed by atoms with E-state index in [2.05, 4.69) is 15.2 Å². The summed E-state index contributed by atoms with van der Waals surface area (Å²) in [6.07, 6.45) is 4.21. The molecule has 126 valence electrons. The van der Waals surface area contributed by atoms with E-state index in [-0.39, 0.29) is 17.4 Å². The van der Waals surface area contributed by atoms with Crippen LogP contribution in [-0.2, 0) is 6.42 Å². The fraction of sp³-hybridized carbons (Fsp3) is 0.167. The topological polar surface area (TPSA) is 68.0 Å². The van der Waals surface area contributed by atoms with Crippen LogP contribution >= 0.6 is 0 Å². The molecule has 25 heavy (non-hydrogen) atoms. The second-order valence-corrected chi connectivity index (χ2v) is 6.00. The zero-order chi connectivity index (χ0) is 17.4. The molecule has 1 unspecified atom stereocenters. The Morgan fingerprint density at radius 1 is 1.24 bits per heavy atom. The molecule has 4 aromatic rings. The molecule has 1 N–H and O–H groups in total. The highest BCUT2D eigenvalue weighted by molar-refractivity contribution is 5.63. The van der Waals surface area contributed by atoms with Crippen molar-refractivity contribution < 1.29 is 4.39 Å². The Morgan fingerprint density at radius 2 is 2.04 bits per heavy atom. The Morgan fingerprint density at radius 3 is 2.76 bits per heavy atom. The van der Waals surface area contributed by atoms with Crippen LogP contribution in [0.3, 0.4) is 0 Å². The summed E-state index contributed by atoms with van der Waals surface area (Å²) in [4.78, 5) is 16.9. The minimum absolute atomic E-state index is 0.0971. The maximum Gasteiger partial charge on any atom is 0.272 e. The molecule has 0 aliphatic heterocycles. The number of hydrogen-bond acceptors (Lipinski definition) is 3. The second kappa shape index (κ2) is 6.01. The Bertz CT molecular complexity index is 1060. The van der Waals surface area contributed by atoms with Gasteiger partial charge in [-0.25, -0.2) is 13.9 Å². The van der Waals surface area contributed by atoms with Crippen molar-refractivity contribution in [2.24, 2.45) is 0 Å². The molecule has 4 rings (SSSR count). The van der Waals surface area contributed by atoms with Gasteiger partial charge in [0.2, 0.25) is 0 Å². The highest BCUT2D eigenvalue weighted by Gasteiger charge is 2.11. The van der Waals surface area contributed by atoms with E-state index < -0.39 is 0 Å². The first-order valence-corrected chi connectivity index (χ1v) is 7.97. The molecule has 3 heterocycles. The Labute approximate surface area is 142 Å². The summed E-state index contributed by atoms with van der Waals surface area (Å²) in [5, 5.41) is 7.23. The van der Waals surface area contributed by atoms with Crippen LogP contribution in [0.1, 0.15) is 18.7 Å². The van der Waals surface area contributed by atoms with Gasteiger partial charge in [0.15, 0.2) is 5.65 Å². The number of halogens is 1. The molecule has 3 aromatic heterocycles. The molecule has 0 fully saturated rings. The minimum atomic E-state index is -0.301. The van der Waals surface area contributed by atoms with Gasteiger partial charge < -0.3 is 0 Å². The summed E-state index contributed by atoms with van der Waals surface area (Å²) in [7, 11) is 0. The Hall–Kier alpha value is -3.22. The van der Waals surface area contributed by atoms with Crippen LogP contribution in [0.25, 0.3) is 16.9 Å². The molecular formula is C18H16FN5O. The van der Waals surface area contributed by atoms with Crippen LogP contribution in [0.15, 0.2) is 59.7 Å². The van der Waals surface area contributed by atoms with Crippen LogP contribution in [0, 0.1) is 5.82 Å². The van der Waals surface area contributed by atoms with Gasteiger partial charge in [0.25, 0.3) is 5.56 Å². The number of benzene rings is 1. The van der Waals surface area contributed by atoms with E-state index in [0.29, 0.717) is 23.5 Å². The molecule has 0 saturated heterocycles. The van der Waals surface area contributed by atoms with Crippen LogP contribution in [0.5, 0.6) is 0 Å². The lowest BCUT2D eigenvalue weighted by atomic mass is 10.1. The number of rotatable bonds is 4. The minimum Gasteiger partial charge on any atom is -0.289 e. The maximum absolute atomic E-state index is 13.1. The largest absolute Gasteiger partial charge is 0.289 e. The van der Waals surface area contributed by atoms with E-state index in [1.807, 2.05) is 23.9 Å². The third-order valence-electron chi connectivity index (χ3n) is 4.14. The monoisotopic (exact) mass is 337 g/mol. The van der Waals surface area contributed by atoms with E-state index in [0.717, 1.165) is 5.56 Å². The van der Waals surface area contributed by atoms with E-state index in [1.54, 1.807) is 24.4 Å². The van der Waals surface area contributed by atoms with Crippen LogP contribution < -0.4 is 5.56 Å². The highest BCUT2D eigenvalue weighted by Crippen LogP contribution is 2.19. The average molecular weight is 337 g/mol. The summed E-state index contributed by atoms with van der Waals surface area (Å²) >= 11 is 0. The Balaban J connectivity index is 1.69. The third kappa shape index (κ3) is 2.96. The van der Waals surface area contributed by atoms with Gasteiger partial charge in [-0.15, -0.1) is 0 Å². The van der Waals surface area contributed by atoms with E-state index >= 15 is 0 Å². The summed E-state index contributed by atoms with van der Waals surface area (Å²) in [5.41, 5.74) is 2.56. The fourth-order valence-electron chi connectivity index (χ4n) is 2.86. The predicted molar refractivity (Wildman–Crippen MR) is 91.8 cm³/mol. The fourth-order valence-corrected chi connectivity index (χ4v) is 2.86. The molecule has 0 spiro atoms. The SMILES string of the molecule is CC(Cc1cc(=O)n2[nH]c(-c3ccc(F)cc3)cc2n1)n1cccn1. The van der Waals surface area contributed by atoms with Crippen molar-refractivity contribution in [2.45, 2.75) is 19.4 Å². The van der Waals surface area contributed by atoms with E-state index in [9.17, 15) is 9.18 Å².